The Labute approximate surface area is 175 Å². The molecule has 0 aliphatic heterocycles. The highest BCUT2D eigenvalue weighted by Crippen LogP contribution is 2.25. The lowest BCUT2D eigenvalue weighted by atomic mass is 10.2. The van der Waals surface area contributed by atoms with E-state index in [4.69, 9.17) is 23.2 Å². The summed E-state index contributed by atoms with van der Waals surface area (Å²) in [5.74, 6) is -0.416. The maximum atomic E-state index is 12.6. The van der Waals surface area contributed by atoms with E-state index in [1.54, 1.807) is 18.2 Å². The monoisotopic (exact) mass is 483 g/mol. The third kappa shape index (κ3) is 4.52. The van der Waals surface area contributed by atoms with Crippen molar-refractivity contribution in [3.63, 3.8) is 0 Å². The molecule has 0 heterocycles. The molecule has 8 heteroatoms. The molecular formula is C19H12BrCl2NO3S. The quantitative estimate of drug-likeness (QED) is 0.505. The summed E-state index contributed by atoms with van der Waals surface area (Å²) in [5.41, 5.74) is 0.716. The van der Waals surface area contributed by atoms with Crippen LogP contribution in [0.1, 0.15) is 10.4 Å². The van der Waals surface area contributed by atoms with Crippen molar-refractivity contribution < 1.29 is 13.2 Å². The fourth-order valence-corrected chi connectivity index (χ4v) is 4.36. The Morgan fingerprint density at radius 3 is 1.96 bits per heavy atom. The van der Waals surface area contributed by atoms with Gasteiger partial charge in [-0.2, -0.15) is 0 Å². The van der Waals surface area contributed by atoms with Gasteiger partial charge in [-0.1, -0.05) is 39.1 Å². The molecule has 1 amide bonds. The first-order chi connectivity index (χ1) is 12.8. The van der Waals surface area contributed by atoms with E-state index in [1.807, 2.05) is 0 Å². The number of halogens is 3. The Bertz CT molecular complexity index is 1100. The Morgan fingerprint density at radius 1 is 0.852 bits per heavy atom. The molecule has 0 spiro atoms. The number of anilines is 1. The van der Waals surface area contributed by atoms with E-state index in [1.165, 1.54) is 48.5 Å². The first-order valence-corrected chi connectivity index (χ1v) is 10.7. The summed E-state index contributed by atoms with van der Waals surface area (Å²) in [7, 11) is -3.63. The second-order valence-electron chi connectivity index (χ2n) is 5.56. The predicted molar refractivity (Wildman–Crippen MR) is 110 cm³/mol. The molecule has 0 saturated carbocycles. The minimum absolute atomic E-state index is 0.132. The molecular weight excluding hydrogens is 473 g/mol. The molecule has 0 aliphatic rings. The molecule has 0 atom stereocenters. The fourth-order valence-electron chi connectivity index (χ4n) is 2.34. The van der Waals surface area contributed by atoms with Crippen LogP contribution in [0.25, 0.3) is 0 Å². The summed E-state index contributed by atoms with van der Waals surface area (Å²) >= 11 is 15.1. The van der Waals surface area contributed by atoms with E-state index in [0.29, 0.717) is 10.7 Å². The van der Waals surface area contributed by atoms with Crippen molar-refractivity contribution >= 4 is 60.6 Å². The van der Waals surface area contributed by atoms with Crippen molar-refractivity contribution in [3.05, 3.63) is 86.8 Å². The molecule has 0 unspecified atom stereocenters. The van der Waals surface area contributed by atoms with Gasteiger partial charge in [-0.25, -0.2) is 8.42 Å². The second kappa shape index (κ2) is 8.02. The van der Waals surface area contributed by atoms with E-state index in [9.17, 15) is 13.2 Å². The average Bonchev–Trinajstić information content (AvgIpc) is 2.62. The number of amides is 1. The molecule has 0 radical (unpaired) electrons. The molecule has 27 heavy (non-hydrogen) atoms. The molecule has 3 rings (SSSR count). The number of rotatable bonds is 4. The van der Waals surface area contributed by atoms with E-state index in [-0.39, 0.29) is 20.4 Å². The molecule has 0 fully saturated rings. The summed E-state index contributed by atoms with van der Waals surface area (Å²) in [5, 5.41) is 3.34. The van der Waals surface area contributed by atoms with Gasteiger partial charge in [0.05, 0.1) is 20.4 Å². The first kappa shape index (κ1) is 19.9. The van der Waals surface area contributed by atoms with E-state index < -0.39 is 15.7 Å². The number of carbonyl (C=O) groups is 1. The van der Waals surface area contributed by atoms with Crippen LogP contribution in [0.3, 0.4) is 0 Å². The van der Waals surface area contributed by atoms with Gasteiger partial charge in [-0.3, -0.25) is 4.79 Å². The van der Waals surface area contributed by atoms with Crippen LogP contribution in [0.2, 0.25) is 10.0 Å². The number of carbonyl (C=O) groups excluding carboxylic acids is 1. The molecule has 3 aromatic carbocycles. The van der Waals surface area contributed by atoms with E-state index in [2.05, 4.69) is 21.2 Å². The molecule has 0 aliphatic carbocycles. The summed E-state index contributed by atoms with van der Waals surface area (Å²) in [6.07, 6.45) is 0. The minimum Gasteiger partial charge on any atom is -0.322 e. The zero-order chi connectivity index (χ0) is 19.6. The Hall–Kier alpha value is -1.86. The number of hydrogen-bond donors (Lipinski definition) is 1. The zero-order valence-electron chi connectivity index (χ0n) is 13.6. The van der Waals surface area contributed by atoms with Gasteiger partial charge in [-0.05, 0) is 66.7 Å². The highest BCUT2D eigenvalue weighted by Gasteiger charge is 2.18. The van der Waals surface area contributed by atoms with Gasteiger partial charge >= 0.3 is 0 Å². The van der Waals surface area contributed by atoms with Crippen LogP contribution in [-0.2, 0) is 9.84 Å². The molecule has 138 valence electrons. The molecule has 3 aromatic rings. The second-order valence-corrected chi connectivity index (χ2v) is 9.27. The summed E-state index contributed by atoms with van der Waals surface area (Å²) in [6.45, 7) is 0. The smallest absolute Gasteiger partial charge is 0.257 e. The van der Waals surface area contributed by atoms with Gasteiger partial charge in [0.2, 0.25) is 9.84 Å². The van der Waals surface area contributed by atoms with E-state index in [0.717, 1.165) is 4.47 Å². The Balaban J connectivity index is 1.81. The van der Waals surface area contributed by atoms with Crippen LogP contribution in [0.4, 0.5) is 5.69 Å². The molecule has 0 saturated heterocycles. The highest BCUT2D eigenvalue weighted by atomic mass is 79.9. The van der Waals surface area contributed by atoms with Gasteiger partial charge in [0.25, 0.3) is 5.91 Å². The van der Waals surface area contributed by atoms with Crippen LogP contribution >= 0.6 is 39.1 Å². The third-order valence-corrected chi connectivity index (χ3v) is 6.58. The Morgan fingerprint density at radius 2 is 1.41 bits per heavy atom. The summed E-state index contributed by atoms with van der Waals surface area (Å²) in [6, 6.07) is 16.9. The summed E-state index contributed by atoms with van der Waals surface area (Å²) < 4.78 is 26.1. The van der Waals surface area contributed by atoms with Gasteiger partial charge in [0.15, 0.2) is 0 Å². The maximum Gasteiger partial charge on any atom is 0.257 e. The van der Waals surface area contributed by atoms with Crippen molar-refractivity contribution in [1.82, 2.24) is 0 Å². The lowest BCUT2D eigenvalue weighted by Gasteiger charge is -2.09. The van der Waals surface area contributed by atoms with Gasteiger partial charge in [0.1, 0.15) is 0 Å². The fraction of sp³-hybridized carbons (Fsp3) is 0. The lowest BCUT2D eigenvalue weighted by Crippen LogP contribution is -2.12. The molecule has 1 N–H and O–H groups in total. The van der Waals surface area contributed by atoms with Crippen molar-refractivity contribution in [2.45, 2.75) is 9.79 Å². The third-order valence-electron chi connectivity index (χ3n) is 3.72. The van der Waals surface area contributed by atoms with Crippen LogP contribution in [0, 0.1) is 0 Å². The van der Waals surface area contributed by atoms with Crippen LogP contribution in [0.5, 0.6) is 0 Å². The largest absolute Gasteiger partial charge is 0.322 e. The zero-order valence-corrected chi connectivity index (χ0v) is 17.5. The van der Waals surface area contributed by atoms with Crippen molar-refractivity contribution in [2.24, 2.45) is 0 Å². The van der Waals surface area contributed by atoms with Crippen LogP contribution in [0.15, 0.2) is 81.0 Å². The van der Waals surface area contributed by atoms with Gasteiger partial charge in [-0.15, -0.1) is 0 Å². The lowest BCUT2D eigenvalue weighted by molar-refractivity contribution is 0.102. The van der Waals surface area contributed by atoms with Gasteiger partial charge in [0, 0.05) is 15.2 Å². The SMILES string of the molecule is O=C(Nc1ccc(S(=O)(=O)c2ccc(Br)cc2)cc1)c1ccc(Cl)cc1Cl. The van der Waals surface area contributed by atoms with Crippen LogP contribution in [-0.4, -0.2) is 14.3 Å². The standard InChI is InChI=1S/C19H12BrCl2NO3S/c20-12-1-6-15(7-2-12)27(25,26)16-8-4-14(5-9-16)23-19(24)17-10-3-13(21)11-18(17)22/h1-11H,(H,23,24). The average molecular weight is 485 g/mol. The summed E-state index contributed by atoms with van der Waals surface area (Å²) in [4.78, 5) is 12.6. The maximum absolute atomic E-state index is 12.6. The first-order valence-electron chi connectivity index (χ1n) is 7.64. The number of benzene rings is 3. The normalized spacial score (nSPS) is 11.2. The molecule has 0 bridgehead atoms. The van der Waals surface area contributed by atoms with Crippen molar-refractivity contribution in [2.75, 3.05) is 5.32 Å². The Kier molecular flexibility index (Phi) is 5.91. The minimum atomic E-state index is -3.63. The predicted octanol–water partition coefficient (Wildman–Crippen LogP) is 5.84. The number of sulfone groups is 1. The van der Waals surface area contributed by atoms with Crippen molar-refractivity contribution in [3.8, 4) is 0 Å². The number of hydrogen-bond acceptors (Lipinski definition) is 3. The number of nitrogens with one attached hydrogen (secondary N) is 1. The topological polar surface area (TPSA) is 63.2 Å². The van der Waals surface area contributed by atoms with Crippen molar-refractivity contribution in [1.29, 1.82) is 0 Å². The van der Waals surface area contributed by atoms with E-state index >= 15 is 0 Å². The van der Waals surface area contributed by atoms with Gasteiger partial charge < -0.3 is 5.32 Å². The molecule has 0 aromatic heterocycles. The van der Waals surface area contributed by atoms with Crippen LogP contribution < -0.4 is 5.32 Å². The molecule has 4 nitrogen and oxygen atoms in total. The highest BCUT2D eigenvalue weighted by molar-refractivity contribution is 9.10.